The van der Waals surface area contributed by atoms with Crippen molar-refractivity contribution < 1.29 is 0 Å². The van der Waals surface area contributed by atoms with Crippen LogP contribution in [0.4, 0.5) is 0 Å². The first kappa shape index (κ1) is 26.4. The molecule has 0 fully saturated rings. The summed E-state index contributed by atoms with van der Waals surface area (Å²) in [7, 11) is 0. The second-order valence-corrected chi connectivity index (χ2v) is 12.0. The number of fused-ring (bicyclic) bond motifs is 4. The van der Waals surface area contributed by atoms with Crippen LogP contribution in [0.25, 0.3) is 82.4 Å². The zero-order chi connectivity index (χ0) is 30.6. The molecular weight excluding hydrogens is 556 g/mol. The normalized spacial score (nSPS) is 11.6. The van der Waals surface area contributed by atoms with Crippen LogP contribution in [0.3, 0.4) is 0 Å². The summed E-state index contributed by atoms with van der Waals surface area (Å²) in [6.07, 6.45) is 0. The number of nitrogens with zero attached hydrogens (tertiary/aromatic N) is 2. The Labute approximate surface area is 267 Å². The van der Waals surface area contributed by atoms with Gasteiger partial charge in [0, 0.05) is 5.69 Å². The van der Waals surface area contributed by atoms with Crippen LogP contribution in [0, 0.1) is 6.92 Å². The van der Waals surface area contributed by atoms with E-state index in [0.29, 0.717) is 0 Å². The number of para-hydroxylation sites is 1. The van der Waals surface area contributed by atoms with E-state index in [0.717, 1.165) is 22.5 Å². The highest BCUT2D eigenvalue weighted by molar-refractivity contribution is 6.21. The predicted molar refractivity (Wildman–Crippen MR) is 195 cm³/mol. The SMILES string of the molecule is Cc1nc2cc(-c3c4ccccc4c(-c4ccc(-c5cccc6ccccc56)cc4)c4ccccc34)ccc2n1-c1ccccc1. The monoisotopic (exact) mass is 586 g/mol. The van der Waals surface area contributed by atoms with Crippen LogP contribution in [-0.2, 0) is 0 Å². The van der Waals surface area contributed by atoms with Gasteiger partial charge in [-0.25, -0.2) is 4.98 Å². The van der Waals surface area contributed by atoms with Crippen LogP contribution >= 0.6 is 0 Å². The molecule has 1 heterocycles. The van der Waals surface area contributed by atoms with E-state index in [2.05, 4.69) is 175 Å². The summed E-state index contributed by atoms with van der Waals surface area (Å²) in [5.74, 6) is 0.982. The minimum atomic E-state index is 0.982. The fraction of sp³-hybridized carbons (Fsp3) is 0.0227. The van der Waals surface area contributed by atoms with Crippen LogP contribution in [0.1, 0.15) is 5.82 Å². The molecule has 0 amide bonds. The van der Waals surface area contributed by atoms with Crippen LogP contribution in [0.2, 0.25) is 0 Å². The van der Waals surface area contributed by atoms with Crippen LogP contribution in [0.5, 0.6) is 0 Å². The molecule has 0 spiro atoms. The van der Waals surface area contributed by atoms with Gasteiger partial charge < -0.3 is 0 Å². The Kier molecular flexibility index (Phi) is 6.07. The molecule has 0 aliphatic rings. The first-order valence-electron chi connectivity index (χ1n) is 15.8. The van der Waals surface area contributed by atoms with Crippen molar-refractivity contribution >= 4 is 43.4 Å². The van der Waals surface area contributed by atoms with Gasteiger partial charge in [0.15, 0.2) is 0 Å². The predicted octanol–water partition coefficient (Wildman–Crippen LogP) is 11.8. The highest BCUT2D eigenvalue weighted by Gasteiger charge is 2.18. The Bertz CT molecular complexity index is 2510. The number of benzene rings is 8. The average Bonchev–Trinajstić information content (AvgIpc) is 3.45. The lowest BCUT2D eigenvalue weighted by molar-refractivity contribution is 1.00. The molecule has 0 aliphatic carbocycles. The van der Waals surface area contributed by atoms with Crippen molar-refractivity contribution in [1.29, 1.82) is 0 Å². The maximum absolute atomic E-state index is 5.02. The van der Waals surface area contributed by atoms with E-state index in [-0.39, 0.29) is 0 Å². The number of rotatable bonds is 4. The van der Waals surface area contributed by atoms with Gasteiger partial charge in [0.2, 0.25) is 0 Å². The molecule has 2 heteroatoms. The number of imidazole rings is 1. The lowest BCUT2D eigenvalue weighted by atomic mass is 9.85. The van der Waals surface area contributed by atoms with E-state index in [9.17, 15) is 0 Å². The minimum Gasteiger partial charge on any atom is -0.297 e. The summed E-state index contributed by atoms with van der Waals surface area (Å²) in [6, 6.07) is 59.2. The maximum atomic E-state index is 5.02. The van der Waals surface area contributed by atoms with Crippen molar-refractivity contribution in [1.82, 2.24) is 9.55 Å². The molecule has 46 heavy (non-hydrogen) atoms. The molecular formula is C44H30N2. The summed E-state index contributed by atoms with van der Waals surface area (Å²) in [6.45, 7) is 2.08. The topological polar surface area (TPSA) is 17.8 Å². The fourth-order valence-electron chi connectivity index (χ4n) is 7.30. The maximum Gasteiger partial charge on any atom is 0.111 e. The molecule has 0 saturated heterocycles. The summed E-state index contributed by atoms with van der Waals surface area (Å²) in [4.78, 5) is 5.02. The van der Waals surface area contributed by atoms with Gasteiger partial charge in [-0.05, 0) is 96.9 Å². The standard InChI is InChI=1S/C44H30N2/c1-29-45-41-28-33(26-27-42(41)46(29)34-14-3-2-4-15-34)44-39-19-9-7-17-37(39)43(38-18-8-10-20-40(38)44)32-24-22-31(23-25-32)36-21-11-13-30-12-5-6-16-35(30)36/h2-28H,1H3. The zero-order valence-electron chi connectivity index (χ0n) is 25.5. The largest absolute Gasteiger partial charge is 0.297 e. The van der Waals surface area contributed by atoms with Gasteiger partial charge in [-0.3, -0.25) is 4.57 Å². The van der Waals surface area contributed by atoms with Crippen LogP contribution in [0.15, 0.2) is 164 Å². The van der Waals surface area contributed by atoms with E-state index in [1.54, 1.807) is 0 Å². The van der Waals surface area contributed by atoms with E-state index in [1.807, 2.05) is 0 Å². The molecule has 0 radical (unpaired) electrons. The van der Waals surface area contributed by atoms with Gasteiger partial charge in [0.05, 0.1) is 11.0 Å². The van der Waals surface area contributed by atoms with Gasteiger partial charge in [0.1, 0.15) is 5.82 Å². The Morgan fingerprint density at radius 1 is 0.435 bits per heavy atom. The Morgan fingerprint density at radius 3 is 1.63 bits per heavy atom. The highest BCUT2D eigenvalue weighted by atomic mass is 15.1. The molecule has 0 saturated carbocycles. The molecule has 0 N–H and O–H groups in total. The van der Waals surface area contributed by atoms with Crippen LogP contribution in [-0.4, -0.2) is 9.55 Å². The second kappa shape index (κ2) is 10.6. The van der Waals surface area contributed by atoms with Crippen molar-refractivity contribution in [3.05, 3.63) is 170 Å². The van der Waals surface area contributed by atoms with Crippen molar-refractivity contribution in [3.8, 4) is 39.1 Å². The van der Waals surface area contributed by atoms with E-state index in [4.69, 9.17) is 4.98 Å². The third-order valence-corrected chi connectivity index (χ3v) is 9.33. The second-order valence-electron chi connectivity index (χ2n) is 12.0. The molecule has 8 aromatic carbocycles. The van der Waals surface area contributed by atoms with Gasteiger partial charge in [-0.15, -0.1) is 0 Å². The summed E-state index contributed by atoms with van der Waals surface area (Å²) < 4.78 is 2.24. The summed E-state index contributed by atoms with van der Waals surface area (Å²) in [5.41, 5.74) is 10.6. The molecule has 1 aromatic heterocycles. The van der Waals surface area contributed by atoms with E-state index >= 15 is 0 Å². The first-order valence-corrected chi connectivity index (χ1v) is 15.8. The van der Waals surface area contributed by atoms with Gasteiger partial charge in [0.25, 0.3) is 0 Å². The number of hydrogen-bond acceptors (Lipinski definition) is 1. The summed E-state index contributed by atoms with van der Waals surface area (Å²) >= 11 is 0. The van der Waals surface area contributed by atoms with Crippen molar-refractivity contribution in [3.63, 3.8) is 0 Å². The zero-order valence-corrected chi connectivity index (χ0v) is 25.5. The molecule has 0 bridgehead atoms. The number of hydrogen-bond donors (Lipinski definition) is 0. The molecule has 0 atom stereocenters. The highest BCUT2D eigenvalue weighted by Crippen LogP contribution is 2.44. The minimum absolute atomic E-state index is 0.982. The molecule has 9 rings (SSSR count). The molecule has 9 aromatic rings. The number of aromatic nitrogens is 2. The van der Waals surface area contributed by atoms with Crippen molar-refractivity contribution in [2.24, 2.45) is 0 Å². The fourth-order valence-corrected chi connectivity index (χ4v) is 7.30. The van der Waals surface area contributed by atoms with Crippen molar-refractivity contribution in [2.75, 3.05) is 0 Å². The molecule has 0 aliphatic heterocycles. The molecule has 0 unspecified atom stereocenters. The Balaban J connectivity index is 1.23. The molecule has 2 nitrogen and oxygen atoms in total. The first-order chi connectivity index (χ1) is 22.7. The Hall–Kier alpha value is -5.99. The van der Waals surface area contributed by atoms with E-state index in [1.165, 1.54) is 65.7 Å². The van der Waals surface area contributed by atoms with Crippen molar-refractivity contribution in [2.45, 2.75) is 6.92 Å². The smallest absolute Gasteiger partial charge is 0.111 e. The summed E-state index contributed by atoms with van der Waals surface area (Å²) in [5, 5.41) is 7.52. The quantitative estimate of drug-likeness (QED) is 0.188. The van der Waals surface area contributed by atoms with Crippen LogP contribution < -0.4 is 0 Å². The van der Waals surface area contributed by atoms with Gasteiger partial charge >= 0.3 is 0 Å². The Morgan fingerprint density at radius 2 is 0.957 bits per heavy atom. The number of aryl methyl sites for hydroxylation is 1. The van der Waals surface area contributed by atoms with E-state index < -0.39 is 0 Å². The average molecular weight is 587 g/mol. The third kappa shape index (κ3) is 4.15. The molecule has 216 valence electrons. The van der Waals surface area contributed by atoms with Gasteiger partial charge in [-0.1, -0.05) is 140 Å². The third-order valence-electron chi connectivity index (χ3n) is 9.33. The lowest BCUT2D eigenvalue weighted by Crippen LogP contribution is -1.96. The van der Waals surface area contributed by atoms with Gasteiger partial charge in [-0.2, -0.15) is 0 Å². The lowest BCUT2D eigenvalue weighted by Gasteiger charge is -2.18.